The number of anilines is 1. The standard InChI is InChI=1S/C17H17F3N4O3S2/c1-26-23-14-9-22-16(28-14)29-15-21-8-12(10-25)24(15)5-6-27-13-4-2-3-11(7-13)17(18,19)20/h2-4,7-9,23,25H,5-6,10H2,1H3. The van der Waals surface area contributed by atoms with Gasteiger partial charge in [-0.15, -0.1) is 0 Å². The average molecular weight is 446 g/mol. The van der Waals surface area contributed by atoms with Gasteiger partial charge in [-0.1, -0.05) is 17.4 Å². The number of aliphatic hydroxyl groups excluding tert-OH is 1. The summed E-state index contributed by atoms with van der Waals surface area (Å²) in [4.78, 5) is 13.4. The molecule has 2 aromatic heterocycles. The summed E-state index contributed by atoms with van der Waals surface area (Å²) in [7, 11) is 1.50. The summed E-state index contributed by atoms with van der Waals surface area (Å²) in [6.45, 7) is 0.168. The van der Waals surface area contributed by atoms with Crippen LogP contribution in [-0.4, -0.2) is 33.4 Å². The Balaban J connectivity index is 1.66. The van der Waals surface area contributed by atoms with Crippen molar-refractivity contribution in [3.8, 4) is 5.75 Å². The summed E-state index contributed by atoms with van der Waals surface area (Å²) in [5, 5.41) is 10.8. The lowest BCUT2D eigenvalue weighted by atomic mass is 10.2. The maximum absolute atomic E-state index is 12.8. The molecule has 12 heteroatoms. The molecule has 0 atom stereocenters. The van der Waals surface area contributed by atoms with Gasteiger partial charge >= 0.3 is 6.18 Å². The van der Waals surface area contributed by atoms with E-state index in [1.807, 2.05) is 0 Å². The highest BCUT2D eigenvalue weighted by molar-refractivity contribution is 8.01. The smallest absolute Gasteiger partial charge is 0.416 e. The van der Waals surface area contributed by atoms with Gasteiger partial charge in [0.2, 0.25) is 0 Å². The quantitative estimate of drug-likeness (QED) is 0.480. The Bertz CT molecular complexity index is 946. The van der Waals surface area contributed by atoms with Gasteiger partial charge in [0.1, 0.15) is 17.4 Å². The van der Waals surface area contributed by atoms with E-state index in [0.29, 0.717) is 21.7 Å². The summed E-state index contributed by atoms with van der Waals surface area (Å²) in [5.41, 5.74) is 2.48. The average Bonchev–Trinajstić information content (AvgIpc) is 3.29. The monoisotopic (exact) mass is 446 g/mol. The maximum Gasteiger partial charge on any atom is 0.416 e. The molecule has 7 nitrogen and oxygen atoms in total. The number of benzene rings is 1. The zero-order chi connectivity index (χ0) is 20.9. The maximum atomic E-state index is 12.8. The molecule has 0 aliphatic rings. The summed E-state index contributed by atoms with van der Waals surface area (Å²) >= 11 is 2.66. The van der Waals surface area contributed by atoms with Crippen LogP contribution in [0.1, 0.15) is 11.3 Å². The van der Waals surface area contributed by atoms with Crippen LogP contribution >= 0.6 is 23.1 Å². The van der Waals surface area contributed by atoms with Crippen molar-refractivity contribution in [3.63, 3.8) is 0 Å². The summed E-state index contributed by atoms with van der Waals surface area (Å²) < 4.78 is 46.3. The van der Waals surface area contributed by atoms with Gasteiger partial charge in [0.05, 0.1) is 43.9 Å². The van der Waals surface area contributed by atoms with Crippen molar-refractivity contribution in [1.29, 1.82) is 0 Å². The molecule has 0 unspecified atom stereocenters. The lowest BCUT2D eigenvalue weighted by molar-refractivity contribution is -0.137. The SMILES string of the molecule is CONc1cnc(Sc2ncc(CO)n2CCOc2cccc(C(F)(F)F)c2)s1. The van der Waals surface area contributed by atoms with Crippen molar-refractivity contribution < 1.29 is 27.9 Å². The van der Waals surface area contributed by atoms with Crippen LogP contribution in [0.25, 0.3) is 0 Å². The number of imidazole rings is 1. The first-order valence-electron chi connectivity index (χ1n) is 8.28. The Morgan fingerprint density at radius 3 is 2.83 bits per heavy atom. The number of thiazole rings is 1. The number of hydrogen-bond donors (Lipinski definition) is 2. The highest BCUT2D eigenvalue weighted by atomic mass is 32.2. The summed E-state index contributed by atoms with van der Waals surface area (Å²) in [6, 6.07) is 4.70. The Morgan fingerprint density at radius 1 is 1.28 bits per heavy atom. The van der Waals surface area contributed by atoms with Crippen LogP contribution in [0.15, 0.2) is 46.2 Å². The molecule has 0 saturated carbocycles. The molecule has 3 aromatic rings. The molecule has 0 spiro atoms. The van der Waals surface area contributed by atoms with Crippen molar-refractivity contribution in [1.82, 2.24) is 14.5 Å². The number of hydrogen-bond acceptors (Lipinski definition) is 8. The van der Waals surface area contributed by atoms with E-state index in [1.54, 1.807) is 10.8 Å². The first-order chi connectivity index (χ1) is 13.9. The van der Waals surface area contributed by atoms with E-state index in [9.17, 15) is 18.3 Å². The highest BCUT2D eigenvalue weighted by Crippen LogP contribution is 2.33. The number of rotatable bonds is 9. The molecule has 0 radical (unpaired) electrons. The third-order valence-electron chi connectivity index (χ3n) is 3.67. The van der Waals surface area contributed by atoms with E-state index in [-0.39, 0.29) is 19.0 Å². The van der Waals surface area contributed by atoms with E-state index < -0.39 is 11.7 Å². The zero-order valence-electron chi connectivity index (χ0n) is 15.1. The summed E-state index contributed by atoms with van der Waals surface area (Å²) in [6.07, 6.45) is -1.27. The minimum atomic E-state index is -4.43. The Hall–Kier alpha value is -2.28. The second-order valence-electron chi connectivity index (χ2n) is 5.61. The normalized spacial score (nSPS) is 11.6. The van der Waals surface area contributed by atoms with E-state index in [4.69, 9.17) is 9.57 Å². The van der Waals surface area contributed by atoms with Crippen molar-refractivity contribution in [3.05, 3.63) is 47.9 Å². The third kappa shape index (κ3) is 5.63. The van der Waals surface area contributed by atoms with Crippen LogP contribution in [0.5, 0.6) is 5.75 Å². The Labute approximate surface area is 172 Å². The molecule has 0 saturated heterocycles. The van der Waals surface area contributed by atoms with Gasteiger partial charge in [-0.2, -0.15) is 13.2 Å². The Kier molecular flexibility index (Phi) is 7.00. The molecular weight excluding hydrogens is 429 g/mol. The van der Waals surface area contributed by atoms with Gasteiger partial charge < -0.3 is 14.4 Å². The van der Waals surface area contributed by atoms with Crippen LogP contribution < -0.4 is 10.2 Å². The van der Waals surface area contributed by atoms with Gasteiger partial charge in [0.25, 0.3) is 0 Å². The highest BCUT2D eigenvalue weighted by Gasteiger charge is 2.30. The first-order valence-corrected chi connectivity index (χ1v) is 9.92. The van der Waals surface area contributed by atoms with E-state index >= 15 is 0 Å². The summed E-state index contributed by atoms with van der Waals surface area (Å²) in [5.74, 6) is 0.120. The zero-order valence-corrected chi connectivity index (χ0v) is 16.8. The molecule has 0 fully saturated rings. The number of alkyl halides is 3. The fourth-order valence-electron chi connectivity index (χ4n) is 2.39. The molecule has 0 aliphatic heterocycles. The number of aromatic nitrogens is 3. The van der Waals surface area contributed by atoms with Crippen molar-refractivity contribution in [2.24, 2.45) is 0 Å². The molecular formula is C17H17F3N4O3S2. The second-order valence-corrected chi connectivity index (χ2v) is 7.86. The predicted octanol–water partition coefficient (Wildman–Crippen LogP) is 4.05. The minimum Gasteiger partial charge on any atom is -0.492 e. The molecule has 29 heavy (non-hydrogen) atoms. The number of nitrogens with zero attached hydrogens (tertiary/aromatic N) is 3. The molecule has 0 bridgehead atoms. The van der Waals surface area contributed by atoms with Crippen LogP contribution in [0.2, 0.25) is 0 Å². The van der Waals surface area contributed by atoms with Crippen molar-refractivity contribution in [2.45, 2.75) is 28.8 Å². The molecule has 3 rings (SSSR count). The number of aliphatic hydroxyl groups is 1. The van der Waals surface area contributed by atoms with Crippen molar-refractivity contribution in [2.75, 3.05) is 19.2 Å². The fourth-order valence-corrected chi connectivity index (χ4v) is 4.26. The topological polar surface area (TPSA) is 81.4 Å². The van der Waals surface area contributed by atoms with Gasteiger partial charge in [0.15, 0.2) is 9.50 Å². The van der Waals surface area contributed by atoms with E-state index in [2.05, 4.69) is 15.4 Å². The van der Waals surface area contributed by atoms with Crippen LogP contribution in [0, 0.1) is 0 Å². The van der Waals surface area contributed by atoms with Crippen LogP contribution in [-0.2, 0) is 24.2 Å². The Morgan fingerprint density at radius 2 is 2.10 bits per heavy atom. The van der Waals surface area contributed by atoms with E-state index in [0.717, 1.165) is 17.1 Å². The lowest BCUT2D eigenvalue weighted by Gasteiger charge is -2.12. The van der Waals surface area contributed by atoms with Gasteiger partial charge in [-0.3, -0.25) is 10.3 Å². The molecule has 0 aliphatic carbocycles. The van der Waals surface area contributed by atoms with Crippen LogP contribution in [0.4, 0.5) is 18.2 Å². The predicted molar refractivity (Wildman–Crippen MR) is 102 cm³/mol. The lowest BCUT2D eigenvalue weighted by Crippen LogP contribution is -2.12. The fraction of sp³-hybridized carbons (Fsp3) is 0.294. The number of halogens is 3. The largest absolute Gasteiger partial charge is 0.492 e. The van der Waals surface area contributed by atoms with Gasteiger partial charge in [0, 0.05) is 0 Å². The molecule has 2 heterocycles. The molecule has 0 amide bonds. The second kappa shape index (κ2) is 9.48. The minimum absolute atomic E-state index is 0.104. The van der Waals surface area contributed by atoms with Crippen molar-refractivity contribution >= 4 is 28.1 Å². The third-order valence-corrected chi connectivity index (χ3v) is 5.65. The van der Waals surface area contributed by atoms with E-state index in [1.165, 1.54) is 48.5 Å². The van der Waals surface area contributed by atoms with Crippen LogP contribution in [0.3, 0.4) is 0 Å². The first kappa shape index (κ1) is 21.4. The van der Waals surface area contributed by atoms with Gasteiger partial charge in [-0.25, -0.2) is 9.97 Å². The molecule has 1 aromatic carbocycles. The molecule has 2 N–H and O–H groups in total. The number of ether oxygens (including phenoxy) is 1. The van der Waals surface area contributed by atoms with Gasteiger partial charge in [-0.05, 0) is 30.0 Å². The number of nitrogens with one attached hydrogen (secondary N) is 1. The molecule has 156 valence electrons.